The molecule has 0 bridgehead atoms. The molecule has 0 aromatic carbocycles. The quantitative estimate of drug-likeness (QED) is 0.940. The maximum atomic E-state index is 12.1. The Bertz CT molecular complexity index is 566. The number of nitrogens with one attached hydrogen (secondary N) is 1. The van der Waals surface area contributed by atoms with E-state index in [2.05, 4.69) is 15.5 Å². The van der Waals surface area contributed by atoms with Crippen molar-refractivity contribution in [2.45, 2.75) is 32.6 Å². The first-order valence-electron chi connectivity index (χ1n) is 6.01. The monoisotopic (exact) mass is 279 g/mol. The molecule has 6 heteroatoms. The van der Waals surface area contributed by atoms with Gasteiger partial charge in [0.2, 0.25) is 5.13 Å². The van der Waals surface area contributed by atoms with Gasteiger partial charge in [-0.15, -0.1) is 21.5 Å². The van der Waals surface area contributed by atoms with Crippen molar-refractivity contribution in [2.75, 3.05) is 5.32 Å². The lowest BCUT2D eigenvalue weighted by atomic mass is 10.2. The molecule has 18 heavy (non-hydrogen) atoms. The van der Waals surface area contributed by atoms with Gasteiger partial charge >= 0.3 is 0 Å². The Labute approximate surface area is 113 Å². The van der Waals surface area contributed by atoms with Crippen LogP contribution < -0.4 is 5.32 Å². The highest BCUT2D eigenvalue weighted by Crippen LogP contribution is 2.31. The second-order valence-electron chi connectivity index (χ2n) is 4.22. The first kappa shape index (κ1) is 11.8. The lowest BCUT2D eigenvalue weighted by Crippen LogP contribution is -2.09. The van der Waals surface area contributed by atoms with Gasteiger partial charge in [0.05, 0.1) is 4.88 Å². The summed E-state index contributed by atoms with van der Waals surface area (Å²) < 4.78 is 0. The van der Waals surface area contributed by atoms with Gasteiger partial charge in [0.1, 0.15) is 5.01 Å². The van der Waals surface area contributed by atoms with Gasteiger partial charge in [0.25, 0.3) is 5.91 Å². The summed E-state index contributed by atoms with van der Waals surface area (Å²) in [7, 11) is 0. The molecular formula is C12H13N3OS2. The third-order valence-electron chi connectivity index (χ3n) is 2.96. The van der Waals surface area contributed by atoms with Gasteiger partial charge in [0, 0.05) is 4.88 Å². The number of carbonyl (C=O) groups is 1. The third-order valence-corrected chi connectivity index (χ3v) is 5.18. The predicted molar refractivity (Wildman–Crippen MR) is 73.6 cm³/mol. The fourth-order valence-corrected chi connectivity index (χ4v) is 3.87. The number of aryl methyl sites for hydroxylation is 3. The van der Waals surface area contributed by atoms with Gasteiger partial charge in [-0.25, -0.2) is 0 Å². The van der Waals surface area contributed by atoms with E-state index >= 15 is 0 Å². The topological polar surface area (TPSA) is 54.9 Å². The largest absolute Gasteiger partial charge is 0.296 e. The molecular weight excluding hydrogens is 266 g/mol. The minimum atomic E-state index is -0.0618. The van der Waals surface area contributed by atoms with E-state index in [4.69, 9.17) is 0 Å². The summed E-state index contributed by atoms with van der Waals surface area (Å²) in [6, 6.07) is 2.02. The Morgan fingerprint density at radius 3 is 3.00 bits per heavy atom. The predicted octanol–water partition coefficient (Wildman–Crippen LogP) is 2.90. The number of rotatable bonds is 3. The van der Waals surface area contributed by atoms with Crippen molar-refractivity contribution in [1.29, 1.82) is 0 Å². The summed E-state index contributed by atoms with van der Waals surface area (Å²) in [6.07, 6.45) is 4.30. The molecule has 2 aromatic rings. The smallest absolute Gasteiger partial charge is 0.267 e. The minimum Gasteiger partial charge on any atom is -0.296 e. The first-order chi connectivity index (χ1) is 8.76. The van der Waals surface area contributed by atoms with Crippen molar-refractivity contribution >= 4 is 33.7 Å². The van der Waals surface area contributed by atoms with Gasteiger partial charge in [0.15, 0.2) is 0 Å². The zero-order valence-electron chi connectivity index (χ0n) is 10.0. The second-order valence-corrected chi connectivity index (χ2v) is 6.42. The maximum Gasteiger partial charge on any atom is 0.267 e. The molecule has 0 aliphatic heterocycles. The summed E-state index contributed by atoms with van der Waals surface area (Å²) in [4.78, 5) is 14.2. The summed E-state index contributed by atoms with van der Waals surface area (Å²) in [6.45, 7) is 2.02. The van der Waals surface area contributed by atoms with E-state index < -0.39 is 0 Å². The zero-order valence-corrected chi connectivity index (χ0v) is 11.7. The van der Waals surface area contributed by atoms with Crippen LogP contribution in [0, 0.1) is 0 Å². The third kappa shape index (κ3) is 2.18. The molecule has 0 radical (unpaired) electrons. The average Bonchev–Trinajstić information content (AvgIpc) is 3.02. The zero-order chi connectivity index (χ0) is 12.5. The SMILES string of the molecule is CCc1nnc(NC(=O)c2cc3c(s2)CCC3)s1. The van der Waals surface area contributed by atoms with Crippen LogP contribution in [0.5, 0.6) is 0 Å². The molecule has 4 nitrogen and oxygen atoms in total. The molecule has 94 valence electrons. The number of hydrogen-bond donors (Lipinski definition) is 1. The van der Waals surface area contributed by atoms with Crippen LogP contribution in [0.25, 0.3) is 0 Å². The van der Waals surface area contributed by atoms with Gasteiger partial charge in [-0.05, 0) is 37.3 Å². The fraction of sp³-hybridized carbons (Fsp3) is 0.417. The van der Waals surface area contributed by atoms with Gasteiger partial charge < -0.3 is 0 Å². The van der Waals surface area contributed by atoms with E-state index in [1.807, 2.05) is 13.0 Å². The van der Waals surface area contributed by atoms with Crippen molar-refractivity contribution in [2.24, 2.45) is 0 Å². The number of anilines is 1. The number of aromatic nitrogens is 2. The minimum absolute atomic E-state index is 0.0618. The van der Waals surface area contributed by atoms with Crippen molar-refractivity contribution in [3.63, 3.8) is 0 Å². The van der Waals surface area contributed by atoms with Crippen molar-refractivity contribution in [3.05, 3.63) is 26.4 Å². The van der Waals surface area contributed by atoms with Gasteiger partial charge in [-0.1, -0.05) is 18.3 Å². The maximum absolute atomic E-state index is 12.1. The van der Waals surface area contributed by atoms with E-state index in [9.17, 15) is 4.79 Å². The normalized spacial score (nSPS) is 13.6. The fourth-order valence-electron chi connectivity index (χ4n) is 2.05. The highest BCUT2D eigenvalue weighted by Gasteiger charge is 2.19. The number of thiophene rings is 1. The number of carbonyl (C=O) groups excluding carboxylic acids is 1. The Kier molecular flexibility index (Phi) is 3.13. The second kappa shape index (κ2) is 4.78. The lowest BCUT2D eigenvalue weighted by molar-refractivity contribution is 0.103. The molecule has 1 N–H and O–H groups in total. The highest BCUT2D eigenvalue weighted by atomic mass is 32.1. The van der Waals surface area contributed by atoms with E-state index in [-0.39, 0.29) is 5.91 Å². The Balaban J connectivity index is 1.74. The van der Waals surface area contributed by atoms with E-state index in [1.54, 1.807) is 11.3 Å². The molecule has 1 amide bonds. The standard InChI is InChI=1S/C12H13N3OS2/c1-2-10-14-15-12(18-10)13-11(16)9-6-7-4-3-5-8(7)17-9/h6H,2-5H2,1H3,(H,13,15,16). The molecule has 0 spiro atoms. The van der Waals surface area contributed by atoms with Crippen LogP contribution in [-0.4, -0.2) is 16.1 Å². The molecule has 3 rings (SSSR count). The van der Waals surface area contributed by atoms with Crippen LogP contribution in [0.15, 0.2) is 6.07 Å². The number of amides is 1. The number of fused-ring (bicyclic) bond motifs is 1. The van der Waals surface area contributed by atoms with Crippen LogP contribution in [-0.2, 0) is 19.3 Å². The molecule has 1 aliphatic carbocycles. The van der Waals surface area contributed by atoms with Crippen LogP contribution in [0.2, 0.25) is 0 Å². The molecule has 0 fully saturated rings. The molecule has 1 aliphatic rings. The summed E-state index contributed by atoms with van der Waals surface area (Å²) in [5.41, 5.74) is 1.34. The Morgan fingerprint density at radius 1 is 1.39 bits per heavy atom. The van der Waals surface area contributed by atoms with E-state index in [0.29, 0.717) is 5.13 Å². The van der Waals surface area contributed by atoms with E-state index in [1.165, 1.54) is 28.2 Å². The molecule has 2 aromatic heterocycles. The Morgan fingerprint density at radius 2 is 2.28 bits per heavy atom. The van der Waals surface area contributed by atoms with E-state index in [0.717, 1.165) is 29.1 Å². The molecule has 0 unspecified atom stereocenters. The van der Waals surface area contributed by atoms with Gasteiger partial charge in [-0.2, -0.15) is 0 Å². The van der Waals surface area contributed by atoms with Crippen LogP contribution in [0.3, 0.4) is 0 Å². The highest BCUT2D eigenvalue weighted by molar-refractivity contribution is 7.16. The van der Waals surface area contributed by atoms with Crippen LogP contribution in [0.1, 0.15) is 38.5 Å². The summed E-state index contributed by atoms with van der Waals surface area (Å²) in [5.74, 6) is -0.0618. The van der Waals surface area contributed by atoms with Crippen LogP contribution in [0.4, 0.5) is 5.13 Å². The van der Waals surface area contributed by atoms with Crippen molar-refractivity contribution < 1.29 is 4.79 Å². The molecule has 0 atom stereocenters. The Hall–Kier alpha value is -1.27. The average molecular weight is 279 g/mol. The summed E-state index contributed by atoms with van der Waals surface area (Å²) in [5, 5.41) is 12.3. The molecule has 0 saturated carbocycles. The number of hydrogen-bond acceptors (Lipinski definition) is 5. The van der Waals surface area contributed by atoms with Crippen molar-refractivity contribution in [3.8, 4) is 0 Å². The van der Waals surface area contributed by atoms with Crippen LogP contribution >= 0.6 is 22.7 Å². The number of nitrogens with zero attached hydrogens (tertiary/aromatic N) is 2. The van der Waals surface area contributed by atoms with Crippen molar-refractivity contribution in [1.82, 2.24) is 10.2 Å². The summed E-state index contributed by atoms with van der Waals surface area (Å²) >= 11 is 3.04. The molecule has 0 saturated heterocycles. The lowest BCUT2D eigenvalue weighted by Gasteiger charge is -1.97. The molecule has 2 heterocycles. The van der Waals surface area contributed by atoms with Gasteiger partial charge in [-0.3, -0.25) is 10.1 Å². The first-order valence-corrected chi connectivity index (χ1v) is 7.65.